The van der Waals surface area contributed by atoms with Gasteiger partial charge in [-0.25, -0.2) is 0 Å². The van der Waals surface area contributed by atoms with Gasteiger partial charge in [0.05, 0.1) is 0 Å². The van der Waals surface area contributed by atoms with E-state index in [1.807, 2.05) is 0 Å². The number of aryl methyl sites for hydroxylation is 1. The first kappa shape index (κ1) is 15.2. The van der Waals surface area contributed by atoms with Gasteiger partial charge in [-0.15, -0.1) is 0 Å². The highest BCUT2D eigenvalue weighted by molar-refractivity contribution is 5.30. The lowest BCUT2D eigenvalue weighted by Gasteiger charge is -2.30. The number of rotatable bonds is 7. The first-order chi connectivity index (χ1) is 8.63. The van der Waals surface area contributed by atoms with Gasteiger partial charge in [-0.2, -0.15) is 0 Å². The van der Waals surface area contributed by atoms with Crippen LogP contribution in [0.3, 0.4) is 0 Å². The van der Waals surface area contributed by atoms with Crippen LogP contribution in [-0.4, -0.2) is 25.0 Å². The molecule has 102 valence electrons. The van der Waals surface area contributed by atoms with Gasteiger partial charge in [-0.3, -0.25) is 4.90 Å². The van der Waals surface area contributed by atoms with Crippen molar-refractivity contribution in [2.24, 2.45) is 11.7 Å². The zero-order valence-corrected chi connectivity index (χ0v) is 12.3. The van der Waals surface area contributed by atoms with Crippen LogP contribution >= 0.6 is 0 Å². The monoisotopic (exact) mass is 248 g/mol. The molecule has 0 aliphatic rings. The van der Waals surface area contributed by atoms with Crippen LogP contribution in [0.5, 0.6) is 0 Å². The average molecular weight is 248 g/mol. The van der Waals surface area contributed by atoms with E-state index in [9.17, 15) is 0 Å². The fourth-order valence-corrected chi connectivity index (χ4v) is 2.47. The second kappa shape index (κ2) is 7.55. The van der Waals surface area contributed by atoms with Crippen molar-refractivity contribution in [3.8, 4) is 0 Å². The highest BCUT2D eigenvalue weighted by Crippen LogP contribution is 2.23. The minimum atomic E-state index is 0.343. The minimum Gasteiger partial charge on any atom is -0.329 e. The van der Waals surface area contributed by atoms with Crippen molar-refractivity contribution in [1.29, 1.82) is 0 Å². The van der Waals surface area contributed by atoms with Crippen LogP contribution in [-0.2, 0) is 6.42 Å². The molecular weight excluding hydrogens is 220 g/mol. The Balaban J connectivity index is 2.87. The SMILES string of the molecule is CCc1ccccc1C(CN)N(C)CC(C)CC. The molecule has 2 nitrogen and oxygen atoms in total. The van der Waals surface area contributed by atoms with Crippen molar-refractivity contribution < 1.29 is 0 Å². The molecule has 1 rings (SSSR count). The van der Waals surface area contributed by atoms with Crippen LogP contribution in [0.15, 0.2) is 24.3 Å². The van der Waals surface area contributed by atoms with Crippen molar-refractivity contribution in [1.82, 2.24) is 4.90 Å². The van der Waals surface area contributed by atoms with Gasteiger partial charge in [-0.05, 0) is 30.5 Å². The average Bonchev–Trinajstić information content (AvgIpc) is 2.40. The topological polar surface area (TPSA) is 29.3 Å². The van der Waals surface area contributed by atoms with Gasteiger partial charge >= 0.3 is 0 Å². The second-order valence-corrected chi connectivity index (χ2v) is 5.26. The zero-order valence-electron chi connectivity index (χ0n) is 12.3. The summed E-state index contributed by atoms with van der Waals surface area (Å²) in [5.41, 5.74) is 8.82. The Morgan fingerprint density at radius 1 is 1.22 bits per heavy atom. The number of hydrogen-bond acceptors (Lipinski definition) is 2. The molecule has 0 aromatic heterocycles. The van der Waals surface area contributed by atoms with Gasteiger partial charge in [0.25, 0.3) is 0 Å². The molecule has 2 atom stereocenters. The first-order valence-corrected chi connectivity index (χ1v) is 7.12. The predicted octanol–water partition coefficient (Wildman–Crippen LogP) is 3.23. The Bertz CT molecular complexity index is 349. The number of nitrogens with zero attached hydrogens (tertiary/aromatic N) is 1. The molecule has 1 aromatic rings. The molecule has 0 bridgehead atoms. The highest BCUT2D eigenvalue weighted by Gasteiger charge is 2.18. The molecule has 2 N–H and O–H groups in total. The molecule has 0 radical (unpaired) electrons. The molecule has 0 fully saturated rings. The molecule has 0 aliphatic heterocycles. The van der Waals surface area contributed by atoms with Crippen molar-refractivity contribution in [2.45, 2.75) is 39.7 Å². The maximum Gasteiger partial charge on any atom is 0.0470 e. The Morgan fingerprint density at radius 2 is 1.89 bits per heavy atom. The van der Waals surface area contributed by atoms with Crippen LogP contribution in [0.2, 0.25) is 0 Å². The summed E-state index contributed by atoms with van der Waals surface area (Å²) in [6.45, 7) is 8.55. The predicted molar refractivity (Wildman–Crippen MR) is 79.7 cm³/mol. The van der Waals surface area contributed by atoms with E-state index in [2.05, 4.69) is 57.0 Å². The lowest BCUT2D eigenvalue weighted by atomic mass is 9.96. The van der Waals surface area contributed by atoms with E-state index in [4.69, 9.17) is 5.73 Å². The van der Waals surface area contributed by atoms with Crippen LogP contribution < -0.4 is 5.73 Å². The Hall–Kier alpha value is -0.860. The first-order valence-electron chi connectivity index (χ1n) is 7.12. The summed E-state index contributed by atoms with van der Waals surface area (Å²) in [4.78, 5) is 2.41. The smallest absolute Gasteiger partial charge is 0.0470 e. The van der Waals surface area contributed by atoms with Crippen LogP contribution in [0.4, 0.5) is 0 Å². The molecule has 0 saturated carbocycles. The lowest BCUT2D eigenvalue weighted by Crippen LogP contribution is -2.34. The number of hydrogen-bond donors (Lipinski definition) is 1. The zero-order chi connectivity index (χ0) is 13.5. The third-order valence-corrected chi connectivity index (χ3v) is 3.85. The molecule has 0 saturated heterocycles. The minimum absolute atomic E-state index is 0.343. The number of benzene rings is 1. The Kier molecular flexibility index (Phi) is 6.37. The van der Waals surface area contributed by atoms with Gasteiger partial charge in [0.2, 0.25) is 0 Å². The molecular formula is C16H28N2. The molecule has 0 heterocycles. The van der Waals surface area contributed by atoms with E-state index < -0.39 is 0 Å². The van der Waals surface area contributed by atoms with E-state index in [0.29, 0.717) is 12.6 Å². The summed E-state index contributed by atoms with van der Waals surface area (Å²) < 4.78 is 0. The van der Waals surface area contributed by atoms with Crippen LogP contribution in [0, 0.1) is 5.92 Å². The maximum absolute atomic E-state index is 6.00. The summed E-state index contributed by atoms with van der Waals surface area (Å²) in [5, 5.41) is 0. The highest BCUT2D eigenvalue weighted by atomic mass is 15.1. The summed E-state index contributed by atoms with van der Waals surface area (Å²) in [6.07, 6.45) is 2.29. The molecule has 0 spiro atoms. The lowest BCUT2D eigenvalue weighted by molar-refractivity contribution is 0.214. The number of likely N-dealkylation sites (N-methyl/N-ethyl adjacent to an activating group) is 1. The van der Waals surface area contributed by atoms with E-state index in [1.54, 1.807) is 0 Å². The normalized spacial score (nSPS) is 14.8. The standard InChI is InChI=1S/C16H28N2/c1-5-13(3)12-18(4)16(11-17)15-10-8-7-9-14(15)6-2/h7-10,13,16H,5-6,11-12,17H2,1-4H3. The third-order valence-electron chi connectivity index (χ3n) is 3.85. The van der Waals surface area contributed by atoms with E-state index in [-0.39, 0.29) is 0 Å². The largest absolute Gasteiger partial charge is 0.329 e. The fourth-order valence-electron chi connectivity index (χ4n) is 2.47. The molecule has 18 heavy (non-hydrogen) atoms. The Labute approximate surface area is 112 Å². The number of nitrogens with two attached hydrogens (primary N) is 1. The second-order valence-electron chi connectivity index (χ2n) is 5.26. The van der Waals surface area contributed by atoms with Gasteiger partial charge in [0, 0.05) is 19.1 Å². The summed E-state index contributed by atoms with van der Waals surface area (Å²) in [5.74, 6) is 0.720. The van der Waals surface area contributed by atoms with Crippen molar-refractivity contribution in [2.75, 3.05) is 20.1 Å². The van der Waals surface area contributed by atoms with Gasteiger partial charge in [0.15, 0.2) is 0 Å². The van der Waals surface area contributed by atoms with Crippen molar-refractivity contribution >= 4 is 0 Å². The quantitative estimate of drug-likeness (QED) is 0.802. The van der Waals surface area contributed by atoms with E-state index in [1.165, 1.54) is 17.5 Å². The summed E-state index contributed by atoms with van der Waals surface area (Å²) >= 11 is 0. The van der Waals surface area contributed by atoms with Crippen molar-refractivity contribution in [3.63, 3.8) is 0 Å². The van der Waals surface area contributed by atoms with Crippen LogP contribution in [0.1, 0.15) is 44.4 Å². The summed E-state index contributed by atoms with van der Waals surface area (Å²) in [7, 11) is 2.19. The van der Waals surface area contributed by atoms with Gasteiger partial charge in [0.1, 0.15) is 0 Å². The molecule has 1 aromatic carbocycles. The van der Waals surface area contributed by atoms with Crippen LogP contribution in [0.25, 0.3) is 0 Å². The van der Waals surface area contributed by atoms with E-state index in [0.717, 1.165) is 18.9 Å². The van der Waals surface area contributed by atoms with Gasteiger partial charge in [-0.1, -0.05) is 51.5 Å². The van der Waals surface area contributed by atoms with E-state index >= 15 is 0 Å². The molecule has 0 amide bonds. The maximum atomic E-state index is 6.00. The third kappa shape index (κ3) is 3.82. The fraction of sp³-hybridized carbons (Fsp3) is 0.625. The molecule has 2 unspecified atom stereocenters. The molecule has 0 aliphatic carbocycles. The summed E-state index contributed by atoms with van der Waals surface area (Å²) in [6, 6.07) is 9.02. The Morgan fingerprint density at radius 3 is 2.44 bits per heavy atom. The van der Waals surface area contributed by atoms with Crippen molar-refractivity contribution in [3.05, 3.63) is 35.4 Å². The van der Waals surface area contributed by atoms with Gasteiger partial charge < -0.3 is 5.73 Å². The molecule has 2 heteroatoms.